The Morgan fingerprint density at radius 3 is 2.93 bits per heavy atom. The summed E-state index contributed by atoms with van der Waals surface area (Å²) in [6.45, 7) is 4.76. The third kappa shape index (κ3) is 2.18. The van der Waals surface area contributed by atoms with Gasteiger partial charge < -0.3 is 4.57 Å². The van der Waals surface area contributed by atoms with E-state index in [1.165, 1.54) is 48.9 Å². The Morgan fingerprint density at radius 2 is 2.00 bits per heavy atom. The summed E-state index contributed by atoms with van der Waals surface area (Å²) >= 11 is 0. The van der Waals surface area contributed by atoms with Gasteiger partial charge in [0, 0.05) is 11.1 Å². The first-order valence-electron chi connectivity index (χ1n) is 10.9. The minimum absolute atomic E-state index is 0.271. The number of nitrogens with zero attached hydrogens (tertiary/aromatic N) is 2. The van der Waals surface area contributed by atoms with Crippen molar-refractivity contribution < 1.29 is 0 Å². The molecule has 3 aliphatic rings. The van der Waals surface area contributed by atoms with Gasteiger partial charge in [0.25, 0.3) is 0 Å². The maximum Gasteiger partial charge on any atom is 0.100 e. The van der Waals surface area contributed by atoms with Crippen LogP contribution in [0.2, 0.25) is 0 Å². The van der Waals surface area contributed by atoms with Crippen LogP contribution in [-0.4, -0.2) is 9.55 Å². The van der Waals surface area contributed by atoms with Crippen LogP contribution in [0, 0.1) is 24.2 Å². The van der Waals surface area contributed by atoms with Crippen molar-refractivity contribution in [2.45, 2.75) is 51.9 Å². The normalized spacial score (nSPS) is 31.2. The summed E-state index contributed by atoms with van der Waals surface area (Å²) in [5, 5.41) is 0. The molecule has 2 aromatic carbocycles. The van der Waals surface area contributed by atoms with Crippen LogP contribution >= 0.6 is 0 Å². The number of para-hydroxylation sites is 2. The molecule has 28 heavy (non-hydrogen) atoms. The largest absolute Gasteiger partial charge is 0.302 e. The van der Waals surface area contributed by atoms with Gasteiger partial charge in [0.1, 0.15) is 6.33 Å². The van der Waals surface area contributed by atoms with Crippen molar-refractivity contribution in [2.75, 3.05) is 0 Å². The van der Waals surface area contributed by atoms with E-state index in [-0.39, 0.29) is 5.41 Å². The number of aromatic nitrogens is 2. The van der Waals surface area contributed by atoms with Crippen LogP contribution in [-0.2, 0) is 6.42 Å². The van der Waals surface area contributed by atoms with E-state index in [0.29, 0.717) is 0 Å². The highest BCUT2D eigenvalue weighted by Crippen LogP contribution is 2.62. The van der Waals surface area contributed by atoms with Crippen LogP contribution in [0.15, 0.2) is 54.9 Å². The van der Waals surface area contributed by atoms with Gasteiger partial charge in [0.15, 0.2) is 0 Å². The highest BCUT2D eigenvalue weighted by atomic mass is 15.1. The number of imidazole rings is 1. The molecule has 0 spiro atoms. The van der Waals surface area contributed by atoms with Crippen molar-refractivity contribution in [3.05, 3.63) is 71.6 Å². The van der Waals surface area contributed by atoms with E-state index >= 15 is 0 Å². The van der Waals surface area contributed by atoms with Crippen molar-refractivity contribution in [2.24, 2.45) is 17.3 Å². The van der Waals surface area contributed by atoms with Crippen LogP contribution in [0.4, 0.5) is 0 Å². The lowest BCUT2D eigenvalue weighted by molar-refractivity contribution is 0.0856. The van der Waals surface area contributed by atoms with E-state index in [0.717, 1.165) is 23.3 Å². The Bertz CT molecular complexity index is 1100. The predicted molar refractivity (Wildman–Crippen MR) is 115 cm³/mol. The summed E-state index contributed by atoms with van der Waals surface area (Å²) in [4.78, 5) is 4.67. The van der Waals surface area contributed by atoms with Crippen LogP contribution < -0.4 is 0 Å². The van der Waals surface area contributed by atoms with E-state index in [9.17, 15) is 0 Å². The van der Waals surface area contributed by atoms with Crippen LogP contribution in [0.5, 0.6) is 0 Å². The Labute approximate surface area is 167 Å². The summed E-state index contributed by atoms with van der Waals surface area (Å²) in [7, 11) is 0. The molecule has 2 heteroatoms. The maximum atomic E-state index is 4.67. The van der Waals surface area contributed by atoms with Gasteiger partial charge in [0.2, 0.25) is 0 Å². The first kappa shape index (κ1) is 16.6. The standard InChI is InChI=1S/C26H28N2/c1-17-7-9-19-18(15-17)8-10-21-20(19)13-14-26(2)22(21)11-12-25(26)28-16-27-23-5-3-4-6-24(23)28/h3-7,9,12,15-16,20-22H,8,10-11,13-14H2,1-2H3. The van der Waals surface area contributed by atoms with Gasteiger partial charge in [-0.3, -0.25) is 0 Å². The average Bonchev–Trinajstić information content (AvgIpc) is 3.28. The molecule has 1 saturated carbocycles. The molecule has 1 fully saturated rings. The molecule has 0 aliphatic heterocycles. The van der Waals surface area contributed by atoms with E-state index in [1.54, 1.807) is 11.1 Å². The Morgan fingerprint density at radius 1 is 1.11 bits per heavy atom. The fourth-order valence-electron chi connectivity index (χ4n) is 6.78. The van der Waals surface area contributed by atoms with Gasteiger partial charge in [-0.1, -0.05) is 48.9 Å². The van der Waals surface area contributed by atoms with Crippen LogP contribution in [0.3, 0.4) is 0 Å². The molecule has 0 saturated heterocycles. The highest BCUT2D eigenvalue weighted by Gasteiger charge is 2.52. The second kappa shape index (κ2) is 5.83. The van der Waals surface area contributed by atoms with Crippen molar-refractivity contribution in [3.8, 4) is 0 Å². The highest BCUT2D eigenvalue weighted by molar-refractivity contribution is 5.80. The molecule has 2 nitrogen and oxygen atoms in total. The number of hydrogen-bond acceptors (Lipinski definition) is 1. The maximum absolute atomic E-state index is 4.67. The first-order valence-corrected chi connectivity index (χ1v) is 10.9. The summed E-state index contributed by atoms with van der Waals surface area (Å²) < 4.78 is 2.38. The van der Waals surface area contributed by atoms with Crippen molar-refractivity contribution in [1.82, 2.24) is 9.55 Å². The molecule has 4 unspecified atom stereocenters. The molecular weight excluding hydrogens is 340 g/mol. The fourth-order valence-corrected chi connectivity index (χ4v) is 6.78. The van der Waals surface area contributed by atoms with Crippen molar-refractivity contribution in [1.29, 1.82) is 0 Å². The minimum atomic E-state index is 0.271. The van der Waals surface area contributed by atoms with E-state index in [1.807, 2.05) is 0 Å². The molecule has 3 aliphatic carbocycles. The average molecular weight is 369 g/mol. The SMILES string of the molecule is Cc1ccc2c(c1)CCC1C2CCC2(C)C(n3cnc4ccccc43)=CCC12. The topological polar surface area (TPSA) is 17.8 Å². The molecule has 3 aromatic rings. The lowest BCUT2D eigenvalue weighted by atomic mass is 9.55. The molecule has 1 heterocycles. The number of allylic oxidation sites excluding steroid dienone is 2. The molecule has 142 valence electrons. The number of rotatable bonds is 1. The van der Waals surface area contributed by atoms with Gasteiger partial charge in [-0.15, -0.1) is 0 Å². The molecule has 0 radical (unpaired) electrons. The Kier molecular flexibility index (Phi) is 3.45. The predicted octanol–water partition coefficient (Wildman–Crippen LogP) is 6.35. The Balaban J connectivity index is 1.38. The third-order valence-corrected chi connectivity index (χ3v) is 8.14. The smallest absolute Gasteiger partial charge is 0.100 e. The van der Waals surface area contributed by atoms with E-state index in [2.05, 4.69) is 78.3 Å². The molecule has 0 bridgehead atoms. The minimum Gasteiger partial charge on any atom is -0.302 e. The third-order valence-electron chi connectivity index (χ3n) is 8.14. The number of fused-ring (bicyclic) bond motifs is 6. The van der Waals surface area contributed by atoms with Crippen LogP contribution in [0.25, 0.3) is 16.7 Å². The number of benzene rings is 2. The number of aryl methyl sites for hydroxylation is 2. The zero-order valence-electron chi connectivity index (χ0n) is 16.9. The zero-order chi connectivity index (χ0) is 18.9. The second-order valence-electron chi connectivity index (χ2n) is 9.50. The summed E-state index contributed by atoms with van der Waals surface area (Å²) in [5.74, 6) is 2.34. The van der Waals surface area contributed by atoms with Gasteiger partial charge in [-0.25, -0.2) is 4.98 Å². The summed E-state index contributed by atoms with van der Waals surface area (Å²) in [6.07, 6.45) is 11.0. The molecule has 6 rings (SSSR count). The van der Waals surface area contributed by atoms with Crippen molar-refractivity contribution in [3.63, 3.8) is 0 Å². The quantitative estimate of drug-likeness (QED) is 0.489. The van der Waals surface area contributed by atoms with E-state index < -0.39 is 0 Å². The van der Waals surface area contributed by atoms with Gasteiger partial charge in [-0.2, -0.15) is 0 Å². The first-order chi connectivity index (χ1) is 13.6. The monoisotopic (exact) mass is 368 g/mol. The van der Waals surface area contributed by atoms with Crippen LogP contribution in [0.1, 0.15) is 55.2 Å². The summed E-state index contributed by atoms with van der Waals surface area (Å²) in [6, 6.07) is 15.8. The molecule has 1 aromatic heterocycles. The number of hydrogen-bond donors (Lipinski definition) is 0. The van der Waals surface area contributed by atoms with E-state index in [4.69, 9.17) is 0 Å². The second-order valence-corrected chi connectivity index (χ2v) is 9.50. The lowest BCUT2D eigenvalue weighted by Gasteiger charge is -2.50. The Hall–Kier alpha value is -2.35. The molecule has 0 amide bonds. The molecular formula is C26H28N2. The summed E-state index contributed by atoms with van der Waals surface area (Å²) in [5.41, 5.74) is 8.82. The van der Waals surface area contributed by atoms with Crippen molar-refractivity contribution >= 4 is 16.7 Å². The lowest BCUT2D eigenvalue weighted by Crippen LogP contribution is -2.41. The van der Waals surface area contributed by atoms with Gasteiger partial charge in [-0.05, 0) is 80.0 Å². The molecule has 0 N–H and O–H groups in total. The zero-order valence-corrected chi connectivity index (χ0v) is 16.9. The van der Waals surface area contributed by atoms with Gasteiger partial charge in [0.05, 0.1) is 11.0 Å². The molecule has 4 atom stereocenters. The fraction of sp³-hybridized carbons (Fsp3) is 0.423. The van der Waals surface area contributed by atoms with Gasteiger partial charge >= 0.3 is 0 Å².